The summed E-state index contributed by atoms with van der Waals surface area (Å²) in [6, 6.07) is 7.57. The summed E-state index contributed by atoms with van der Waals surface area (Å²) in [6.07, 6.45) is 0. The minimum Gasteiger partial charge on any atom is -0.492 e. The Kier molecular flexibility index (Phi) is 8.85. The Morgan fingerprint density at radius 1 is 1.35 bits per heavy atom. The summed E-state index contributed by atoms with van der Waals surface area (Å²) in [5, 5.41) is 5.50. The summed E-state index contributed by atoms with van der Waals surface area (Å²) < 4.78 is 6.45. The smallest absolute Gasteiger partial charge is 0.234 e. The average Bonchev–Trinajstić information content (AvgIpc) is 2.27. The van der Waals surface area contributed by atoms with Gasteiger partial charge in [-0.05, 0) is 31.3 Å². The fraction of sp³-hybridized carbons (Fsp3) is 0.364. The van der Waals surface area contributed by atoms with Gasteiger partial charge in [-0.3, -0.25) is 4.79 Å². The van der Waals surface area contributed by atoms with Gasteiger partial charge in [0.05, 0.1) is 13.1 Å². The topological polar surface area (TPSA) is 50.4 Å². The second-order valence-corrected chi connectivity index (χ2v) is 4.10. The maximum Gasteiger partial charge on any atom is 0.234 e. The molecule has 0 bridgehead atoms. The molecule has 2 N–H and O–H groups in total. The molecule has 0 aliphatic carbocycles. The van der Waals surface area contributed by atoms with Crippen molar-refractivity contribution in [2.75, 3.05) is 26.7 Å². The van der Waals surface area contributed by atoms with Crippen molar-refractivity contribution in [2.45, 2.75) is 0 Å². The van der Waals surface area contributed by atoms with E-state index in [9.17, 15) is 4.79 Å². The van der Waals surface area contributed by atoms with Crippen molar-refractivity contribution in [1.29, 1.82) is 0 Å². The highest BCUT2D eigenvalue weighted by Crippen LogP contribution is 2.15. The Bertz CT molecular complexity index is 333. The van der Waals surface area contributed by atoms with Gasteiger partial charge in [0.25, 0.3) is 0 Å². The van der Waals surface area contributed by atoms with Crippen molar-refractivity contribution >= 4 is 34.2 Å². The average molecular weight is 324 g/mol. The molecule has 96 valence electrons. The molecule has 4 nitrogen and oxygen atoms in total. The third-order valence-corrected chi connectivity index (χ3v) is 2.37. The molecule has 0 spiro atoms. The molecule has 0 radical (unpaired) electrons. The second-order valence-electron chi connectivity index (χ2n) is 3.18. The van der Waals surface area contributed by atoms with Crippen LogP contribution in [0, 0.1) is 0 Å². The predicted molar refractivity (Wildman–Crippen MR) is 73.8 cm³/mol. The highest BCUT2D eigenvalue weighted by molar-refractivity contribution is 9.10. The maximum absolute atomic E-state index is 11.1. The van der Waals surface area contributed by atoms with Crippen molar-refractivity contribution in [3.8, 4) is 5.75 Å². The molecule has 0 heterocycles. The number of carbonyl (C=O) groups is 1. The number of benzene rings is 1. The number of hydrogen-bond acceptors (Lipinski definition) is 3. The molecule has 17 heavy (non-hydrogen) atoms. The van der Waals surface area contributed by atoms with E-state index in [1.165, 1.54) is 0 Å². The van der Waals surface area contributed by atoms with Crippen LogP contribution in [0.2, 0.25) is 0 Å². The Hall–Kier alpha value is -0.780. The summed E-state index contributed by atoms with van der Waals surface area (Å²) in [4.78, 5) is 11.1. The van der Waals surface area contributed by atoms with E-state index in [-0.39, 0.29) is 18.3 Å². The van der Waals surface area contributed by atoms with Gasteiger partial charge >= 0.3 is 0 Å². The lowest BCUT2D eigenvalue weighted by Gasteiger charge is -2.07. The molecule has 0 aliphatic heterocycles. The monoisotopic (exact) mass is 322 g/mol. The van der Waals surface area contributed by atoms with Crippen molar-refractivity contribution in [3.05, 3.63) is 28.7 Å². The van der Waals surface area contributed by atoms with Gasteiger partial charge in [-0.25, -0.2) is 0 Å². The molecule has 0 aliphatic rings. The summed E-state index contributed by atoms with van der Waals surface area (Å²) >= 11 is 3.34. The van der Waals surface area contributed by atoms with Crippen LogP contribution in [0.4, 0.5) is 0 Å². The molecule has 0 unspecified atom stereocenters. The van der Waals surface area contributed by atoms with Crippen LogP contribution in [0.3, 0.4) is 0 Å². The van der Waals surface area contributed by atoms with Crippen molar-refractivity contribution < 1.29 is 9.53 Å². The lowest BCUT2D eigenvalue weighted by molar-refractivity contribution is -0.120. The van der Waals surface area contributed by atoms with Crippen LogP contribution >= 0.6 is 28.3 Å². The Morgan fingerprint density at radius 3 is 2.59 bits per heavy atom. The molecule has 1 aromatic rings. The van der Waals surface area contributed by atoms with Gasteiger partial charge in [0.15, 0.2) is 0 Å². The number of hydrogen-bond donors (Lipinski definition) is 2. The van der Waals surface area contributed by atoms with E-state index in [1.807, 2.05) is 24.3 Å². The molecular weight excluding hydrogens is 307 g/mol. The van der Waals surface area contributed by atoms with E-state index in [0.29, 0.717) is 19.7 Å². The van der Waals surface area contributed by atoms with E-state index >= 15 is 0 Å². The number of amides is 1. The van der Waals surface area contributed by atoms with Crippen molar-refractivity contribution in [2.24, 2.45) is 0 Å². The number of rotatable bonds is 6. The SMILES string of the molecule is CNCC(=O)NCCOc1ccc(Br)cc1.Cl. The fourth-order valence-electron chi connectivity index (χ4n) is 1.11. The first kappa shape index (κ1) is 16.2. The van der Waals surface area contributed by atoms with Gasteiger partial charge in [0.1, 0.15) is 12.4 Å². The van der Waals surface area contributed by atoms with Gasteiger partial charge in [-0.2, -0.15) is 0 Å². The predicted octanol–water partition coefficient (Wildman–Crippen LogP) is 1.59. The van der Waals surface area contributed by atoms with E-state index < -0.39 is 0 Å². The first-order valence-corrected chi connectivity index (χ1v) is 5.81. The van der Waals surface area contributed by atoms with Crippen LogP contribution in [0.1, 0.15) is 0 Å². The molecule has 0 aromatic heterocycles. The highest BCUT2D eigenvalue weighted by Gasteiger charge is 1.98. The van der Waals surface area contributed by atoms with Crippen LogP contribution in [0.5, 0.6) is 5.75 Å². The van der Waals surface area contributed by atoms with E-state index in [2.05, 4.69) is 26.6 Å². The minimum absolute atomic E-state index is 0. The molecular formula is C11H16BrClN2O2. The van der Waals surface area contributed by atoms with Gasteiger partial charge in [0, 0.05) is 4.47 Å². The largest absolute Gasteiger partial charge is 0.492 e. The van der Waals surface area contributed by atoms with Crippen LogP contribution in [-0.2, 0) is 4.79 Å². The zero-order valence-electron chi connectivity index (χ0n) is 9.53. The van der Waals surface area contributed by atoms with Gasteiger partial charge < -0.3 is 15.4 Å². The zero-order valence-corrected chi connectivity index (χ0v) is 11.9. The number of halogens is 2. The van der Waals surface area contributed by atoms with Crippen LogP contribution in [-0.4, -0.2) is 32.7 Å². The molecule has 0 atom stereocenters. The number of ether oxygens (including phenoxy) is 1. The number of nitrogens with one attached hydrogen (secondary N) is 2. The third-order valence-electron chi connectivity index (χ3n) is 1.84. The molecule has 0 saturated carbocycles. The highest BCUT2D eigenvalue weighted by atomic mass is 79.9. The minimum atomic E-state index is -0.0260. The molecule has 6 heteroatoms. The summed E-state index contributed by atoms with van der Waals surface area (Å²) in [6.45, 7) is 1.31. The second kappa shape index (κ2) is 9.27. The molecule has 0 fully saturated rings. The van der Waals surface area contributed by atoms with Gasteiger partial charge in [0.2, 0.25) is 5.91 Å². The summed E-state index contributed by atoms with van der Waals surface area (Å²) in [7, 11) is 1.73. The fourth-order valence-corrected chi connectivity index (χ4v) is 1.38. The van der Waals surface area contributed by atoms with Crippen molar-refractivity contribution in [1.82, 2.24) is 10.6 Å². The first-order chi connectivity index (χ1) is 7.72. The number of carbonyl (C=O) groups excluding carboxylic acids is 1. The van der Waals surface area contributed by atoms with Crippen LogP contribution in [0.25, 0.3) is 0 Å². The summed E-state index contributed by atoms with van der Waals surface area (Å²) in [5.41, 5.74) is 0. The van der Waals surface area contributed by atoms with E-state index in [1.54, 1.807) is 7.05 Å². The Morgan fingerprint density at radius 2 is 2.00 bits per heavy atom. The molecule has 1 aromatic carbocycles. The van der Waals surface area contributed by atoms with Gasteiger partial charge in [-0.15, -0.1) is 12.4 Å². The van der Waals surface area contributed by atoms with Crippen LogP contribution in [0.15, 0.2) is 28.7 Å². The Balaban J connectivity index is 0.00000256. The van der Waals surface area contributed by atoms with E-state index in [4.69, 9.17) is 4.74 Å². The maximum atomic E-state index is 11.1. The molecule has 0 saturated heterocycles. The normalized spacial score (nSPS) is 9.29. The van der Waals surface area contributed by atoms with E-state index in [0.717, 1.165) is 10.2 Å². The first-order valence-electron chi connectivity index (χ1n) is 5.02. The lowest BCUT2D eigenvalue weighted by Crippen LogP contribution is -2.34. The Labute approximate surface area is 116 Å². The molecule has 1 amide bonds. The standard InChI is InChI=1S/C11H15BrN2O2.ClH/c1-13-8-11(15)14-6-7-16-10-4-2-9(12)3-5-10;/h2-5,13H,6-8H2,1H3,(H,14,15);1H. The summed E-state index contributed by atoms with van der Waals surface area (Å²) in [5.74, 6) is 0.771. The van der Waals surface area contributed by atoms with Crippen molar-refractivity contribution in [3.63, 3.8) is 0 Å². The third kappa shape index (κ3) is 7.20. The van der Waals surface area contributed by atoms with Crippen LogP contribution < -0.4 is 15.4 Å². The van der Waals surface area contributed by atoms with Gasteiger partial charge in [-0.1, -0.05) is 15.9 Å². The quantitative estimate of drug-likeness (QED) is 0.782. The number of likely N-dealkylation sites (N-methyl/N-ethyl adjacent to an activating group) is 1. The zero-order chi connectivity index (χ0) is 11.8. The lowest BCUT2D eigenvalue weighted by atomic mass is 10.3. The molecule has 1 rings (SSSR count).